The molecule has 100 heavy (non-hydrogen) atoms. The highest BCUT2D eigenvalue weighted by atomic mass is 32.1. The molecule has 6 heterocycles. The van der Waals surface area contributed by atoms with Crippen molar-refractivity contribution >= 4 is 195 Å². The topological polar surface area (TPSA) is 25.4 Å². The number of nitrogens with zero attached hydrogens (tertiary/aromatic N) is 5. The molecule has 2 aromatic heterocycles. The predicted octanol–water partition coefficient (Wildman–Crippen LogP) is 21.5. The van der Waals surface area contributed by atoms with Crippen molar-refractivity contribution in [3.63, 3.8) is 0 Å². The van der Waals surface area contributed by atoms with E-state index in [9.17, 15) is 0 Å². The largest absolute Gasteiger partial charge is 0.458 e. The van der Waals surface area contributed by atoms with Crippen LogP contribution in [-0.4, -0.2) is 13.4 Å². The highest BCUT2D eigenvalue weighted by molar-refractivity contribution is 7.26. The first kappa shape index (κ1) is 56.8. The third-order valence-corrected chi connectivity index (χ3v) is 23.1. The summed E-state index contributed by atoms with van der Waals surface area (Å²) in [5.74, 6) is 1.68. The van der Waals surface area contributed by atoms with Crippen LogP contribution in [0.25, 0.3) is 51.5 Å². The third-order valence-electron chi connectivity index (χ3n) is 20.8. The van der Waals surface area contributed by atoms with Gasteiger partial charge in [-0.1, -0.05) is 212 Å². The molecule has 4 aliphatic rings. The van der Waals surface area contributed by atoms with Crippen molar-refractivity contribution in [3.05, 3.63) is 346 Å². The summed E-state index contributed by atoms with van der Waals surface area (Å²) in [6.07, 6.45) is 0. The molecule has 466 valence electrons. The fourth-order valence-corrected chi connectivity index (χ4v) is 19.0. The van der Waals surface area contributed by atoms with Gasteiger partial charge < -0.3 is 29.2 Å². The maximum atomic E-state index is 7.52. The summed E-state index contributed by atoms with van der Waals surface area (Å²) >= 11 is 3.72. The van der Waals surface area contributed by atoms with E-state index in [-0.39, 0.29) is 13.4 Å². The Hall–Kier alpha value is -12.3. The Morgan fingerprint density at radius 1 is 0.270 bits per heavy atom. The van der Waals surface area contributed by atoms with E-state index in [4.69, 9.17) is 4.74 Å². The van der Waals surface area contributed by atoms with Crippen LogP contribution in [0.15, 0.2) is 346 Å². The molecular formula is C90H57B2N5OS2. The lowest BCUT2D eigenvalue weighted by Crippen LogP contribution is -2.64. The predicted molar refractivity (Wildman–Crippen MR) is 427 cm³/mol. The summed E-state index contributed by atoms with van der Waals surface area (Å²) < 4.78 is 12.5. The molecule has 10 heteroatoms. The number of thiophene rings is 2. The first-order valence-corrected chi connectivity index (χ1v) is 35.8. The Balaban J connectivity index is 0.890. The molecular weight excluding hydrogens is 1250 g/mol. The van der Waals surface area contributed by atoms with Gasteiger partial charge >= 0.3 is 0 Å². The molecule has 0 saturated heterocycles. The summed E-state index contributed by atoms with van der Waals surface area (Å²) in [7, 11) is 0. The van der Waals surface area contributed by atoms with Crippen molar-refractivity contribution in [2.24, 2.45) is 0 Å². The maximum absolute atomic E-state index is 7.52. The highest BCUT2D eigenvalue weighted by Crippen LogP contribution is 2.55. The number of rotatable bonds is 10. The average molecular weight is 1310 g/mol. The zero-order valence-electron chi connectivity index (χ0n) is 54.0. The summed E-state index contributed by atoms with van der Waals surface area (Å²) in [4.78, 5) is 12.7. The van der Waals surface area contributed by atoms with E-state index in [0.717, 1.165) is 119 Å². The molecule has 0 fully saturated rings. The van der Waals surface area contributed by atoms with Crippen LogP contribution in [0.2, 0.25) is 0 Å². The lowest BCUT2D eigenvalue weighted by Gasteiger charge is -2.47. The van der Waals surface area contributed by atoms with Gasteiger partial charge in [-0.25, -0.2) is 0 Å². The van der Waals surface area contributed by atoms with E-state index in [2.05, 4.69) is 370 Å². The molecule has 0 bridgehead atoms. The van der Waals surface area contributed by atoms with Crippen molar-refractivity contribution < 1.29 is 4.74 Å². The standard InChI is InChI=1S/C90H57B2N5OS2/c1-6-28-58(29-7-1)65-38-16-21-43-72(65)94(61-34-12-4-13-35-61)64-54-80-90-82(55-64)98-81-47-23-20-42-69(81)92(90)71-56-70-76(57-77(71)97(80)75-46-27-51-86-88(75)67-40-18-25-49-84(67)100-86)95(62-36-14-5-15-37-62)78-52-63(93(59-30-8-2-9-31-59)60-32-10-3-11-33-60)53-79-89(78)91(70)68-41-19-22-44-73(68)96(79)74-45-26-50-85-87(74)66-39-17-24-48-83(66)99-85/h1-57H. The lowest BCUT2D eigenvalue weighted by atomic mass is 9.30. The van der Waals surface area contributed by atoms with Gasteiger partial charge in [0.15, 0.2) is 0 Å². The van der Waals surface area contributed by atoms with Crippen LogP contribution in [0.5, 0.6) is 11.5 Å². The highest BCUT2D eigenvalue weighted by Gasteiger charge is 2.49. The van der Waals surface area contributed by atoms with Gasteiger partial charge in [-0.05, 0) is 166 Å². The van der Waals surface area contributed by atoms with Crippen LogP contribution >= 0.6 is 22.7 Å². The van der Waals surface area contributed by atoms with Gasteiger partial charge in [0.25, 0.3) is 13.4 Å². The fourth-order valence-electron chi connectivity index (χ4n) is 16.8. The number of hydrogen-bond donors (Lipinski definition) is 0. The van der Waals surface area contributed by atoms with Gasteiger partial charge in [0.05, 0.1) is 28.4 Å². The number of anilines is 15. The molecule has 0 atom stereocenters. The van der Waals surface area contributed by atoms with Crippen molar-refractivity contribution in [1.82, 2.24) is 0 Å². The minimum Gasteiger partial charge on any atom is -0.458 e. The number of hydrogen-bond acceptors (Lipinski definition) is 8. The minimum absolute atomic E-state index is 0.216. The molecule has 21 rings (SSSR count). The SMILES string of the molecule is c1ccc(-c2ccccc2N(c2ccccc2)c2cc3c4c(c2)N(c2cccc5sc6ccccc6c25)c2cc5c(cc2B4c2ccccc2O3)B2c3ccccc3N(c3cccc4sc6ccccc6c34)c3cc(N(c4ccccc4)c4ccccc4)cc(c32)N5c2ccccc2)cc1. The van der Waals surface area contributed by atoms with Gasteiger partial charge in [-0.15, -0.1) is 22.7 Å². The molecule has 0 amide bonds. The van der Waals surface area contributed by atoms with Crippen molar-refractivity contribution in [2.75, 3.05) is 24.5 Å². The van der Waals surface area contributed by atoms with E-state index in [1.807, 2.05) is 22.7 Å². The second-order valence-electron chi connectivity index (χ2n) is 26.2. The molecule has 0 saturated carbocycles. The Morgan fingerprint density at radius 3 is 1.36 bits per heavy atom. The molecule has 6 nitrogen and oxygen atoms in total. The van der Waals surface area contributed by atoms with Crippen LogP contribution < -0.4 is 62.0 Å². The maximum Gasteiger partial charge on any atom is 0.256 e. The number of benzene rings is 15. The third kappa shape index (κ3) is 8.64. The second kappa shape index (κ2) is 22.6. The Morgan fingerprint density at radius 2 is 0.720 bits per heavy atom. The Bertz CT molecular complexity index is 6110. The molecule has 0 radical (unpaired) electrons. The van der Waals surface area contributed by atoms with Gasteiger partial charge in [0.1, 0.15) is 11.5 Å². The summed E-state index contributed by atoms with van der Waals surface area (Å²) in [6, 6.07) is 128. The van der Waals surface area contributed by atoms with Crippen molar-refractivity contribution in [2.45, 2.75) is 0 Å². The van der Waals surface area contributed by atoms with Crippen LogP contribution in [-0.2, 0) is 0 Å². The average Bonchev–Trinajstić information content (AvgIpc) is 0.692. The second-order valence-corrected chi connectivity index (χ2v) is 28.4. The van der Waals surface area contributed by atoms with Gasteiger partial charge in [0, 0.05) is 109 Å². The Kier molecular flexibility index (Phi) is 12.9. The van der Waals surface area contributed by atoms with Crippen LogP contribution in [0, 0.1) is 0 Å². The van der Waals surface area contributed by atoms with Crippen LogP contribution in [0.4, 0.5) is 85.3 Å². The molecule has 0 aliphatic carbocycles. The van der Waals surface area contributed by atoms with E-state index < -0.39 is 0 Å². The zero-order chi connectivity index (χ0) is 65.5. The number of fused-ring (bicyclic) bond motifs is 14. The molecule has 15 aromatic carbocycles. The Labute approximate surface area is 588 Å². The van der Waals surface area contributed by atoms with Gasteiger partial charge in [0.2, 0.25) is 0 Å². The molecule has 0 unspecified atom stereocenters. The van der Waals surface area contributed by atoms with Crippen LogP contribution in [0.3, 0.4) is 0 Å². The molecule has 17 aromatic rings. The van der Waals surface area contributed by atoms with Gasteiger partial charge in [-0.2, -0.15) is 0 Å². The van der Waals surface area contributed by atoms with Gasteiger partial charge in [-0.3, -0.25) is 0 Å². The van der Waals surface area contributed by atoms with E-state index in [1.54, 1.807) is 0 Å². The first-order chi connectivity index (χ1) is 49.6. The molecule has 0 spiro atoms. The number of ether oxygens (including phenoxy) is 1. The fraction of sp³-hybridized carbons (Fsp3) is 0. The minimum atomic E-state index is -0.237. The quantitative estimate of drug-likeness (QED) is 0.127. The summed E-state index contributed by atoms with van der Waals surface area (Å²) in [6.45, 7) is -0.452. The van der Waals surface area contributed by atoms with Crippen molar-refractivity contribution in [3.8, 4) is 22.6 Å². The van der Waals surface area contributed by atoms with Crippen molar-refractivity contribution in [1.29, 1.82) is 0 Å². The first-order valence-electron chi connectivity index (χ1n) is 34.2. The summed E-state index contributed by atoms with van der Waals surface area (Å²) in [5.41, 5.74) is 25.7. The van der Waals surface area contributed by atoms with E-state index in [1.165, 1.54) is 62.2 Å². The van der Waals surface area contributed by atoms with Crippen LogP contribution in [0.1, 0.15) is 0 Å². The van der Waals surface area contributed by atoms with E-state index >= 15 is 0 Å². The molecule has 4 aliphatic heterocycles. The zero-order valence-corrected chi connectivity index (χ0v) is 55.7. The normalized spacial score (nSPS) is 13.0. The number of para-hydroxylation sites is 7. The summed E-state index contributed by atoms with van der Waals surface area (Å²) in [5, 5.41) is 4.95. The van der Waals surface area contributed by atoms with E-state index in [0.29, 0.717) is 0 Å². The smallest absolute Gasteiger partial charge is 0.256 e. The lowest BCUT2D eigenvalue weighted by molar-refractivity contribution is 0.487. The monoisotopic (exact) mass is 1310 g/mol. The molecule has 0 N–H and O–H groups in total.